The van der Waals surface area contributed by atoms with E-state index in [0.717, 1.165) is 42.0 Å². The average Bonchev–Trinajstić information content (AvgIpc) is 3.44. The molecule has 0 N–H and O–H groups in total. The lowest BCUT2D eigenvalue weighted by Crippen LogP contribution is -2.37. The summed E-state index contributed by atoms with van der Waals surface area (Å²) in [5.74, 6) is 0.625. The zero-order valence-electron chi connectivity index (χ0n) is 15.4. The van der Waals surface area contributed by atoms with Crippen LogP contribution in [0.1, 0.15) is 30.3 Å². The van der Waals surface area contributed by atoms with Crippen molar-refractivity contribution < 1.29 is 14.3 Å². The van der Waals surface area contributed by atoms with Crippen molar-refractivity contribution >= 4 is 32.6 Å². The first-order chi connectivity index (χ1) is 13.2. The minimum absolute atomic E-state index is 0.0313. The highest BCUT2D eigenvalue weighted by molar-refractivity contribution is 7.22. The smallest absolute Gasteiger partial charge is 0.280 e. The number of anilines is 1. The van der Waals surface area contributed by atoms with Crippen LogP contribution >= 0.6 is 11.3 Å². The second-order valence-electron chi connectivity index (χ2n) is 6.44. The van der Waals surface area contributed by atoms with E-state index < -0.39 is 0 Å². The van der Waals surface area contributed by atoms with Crippen molar-refractivity contribution in [2.75, 3.05) is 25.2 Å². The second kappa shape index (κ2) is 7.66. The van der Waals surface area contributed by atoms with Crippen LogP contribution in [0.25, 0.3) is 10.2 Å². The molecule has 142 valence electrons. The van der Waals surface area contributed by atoms with Gasteiger partial charge < -0.3 is 9.47 Å². The first-order valence-electron chi connectivity index (χ1n) is 9.09. The number of nitrogens with zero attached hydrogens (tertiary/aromatic N) is 4. The number of benzene rings is 1. The lowest BCUT2D eigenvalue weighted by molar-refractivity contribution is 0.0912. The Morgan fingerprint density at radius 3 is 3.04 bits per heavy atom. The normalized spacial score (nSPS) is 16.7. The van der Waals surface area contributed by atoms with Crippen LogP contribution in [0.4, 0.5) is 5.13 Å². The van der Waals surface area contributed by atoms with Gasteiger partial charge in [0.1, 0.15) is 5.75 Å². The van der Waals surface area contributed by atoms with Gasteiger partial charge in [-0.2, -0.15) is 5.10 Å². The summed E-state index contributed by atoms with van der Waals surface area (Å²) in [6.07, 6.45) is 3.82. The maximum Gasteiger partial charge on any atom is 0.280 e. The maximum absolute atomic E-state index is 13.2. The number of rotatable bonds is 6. The molecule has 3 aromatic rings. The van der Waals surface area contributed by atoms with Gasteiger partial charge in [-0.15, -0.1) is 0 Å². The average molecular weight is 386 g/mol. The molecule has 0 saturated carbocycles. The van der Waals surface area contributed by atoms with Crippen LogP contribution in [-0.4, -0.2) is 47.0 Å². The van der Waals surface area contributed by atoms with Gasteiger partial charge in [-0.3, -0.25) is 14.4 Å². The molecule has 1 unspecified atom stereocenters. The minimum Gasteiger partial charge on any atom is -0.497 e. The van der Waals surface area contributed by atoms with Gasteiger partial charge in [-0.05, 0) is 44.0 Å². The van der Waals surface area contributed by atoms with Gasteiger partial charge in [-0.25, -0.2) is 4.98 Å². The van der Waals surface area contributed by atoms with Gasteiger partial charge in [0.15, 0.2) is 10.8 Å². The SMILES string of the molecule is CCn1ccc(C(=O)N(CC2CCCO2)c2nc3ccc(OC)cc3s2)n1. The van der Waals surface area contributed by atoms with Crippen molar-refractivity contribution in [3.63, 3.8) is 0 Å². The number of ether oxygens (including phenoxy) is 2. The van der Waals surface area contributed by atoms with Crippen molar-refractivity contribution in [2.24, 2.45) is 0 Å². The number of aryl methyl sites for hydroxylation is 1. The van der Waals surface area contributed by atoms with Gasteiger partial charge >= 0.3 is 0 Å². The van der Waals surface area contributed by atoms with Crippen LogP contribution < -0.4 is 9.64 Å². The number of fused-ring (bicyclic) bond motifs is 1. The van der Waals surface area contributed by atoms with Crippen molar-refractivity contribution in [1.82, 2.24) is 14.8 Å². The summed E-state index contributed by atoms with van der Waals surface area (Å²) < 4.78 is 13.8. The quantitative estimate of drug-likeness (QED) is 0.650. The Bertz CT molecular complexity index is 945. The predicted molar refractivity (Wildman–Crippen MR) is 105 cm³/mol. The van der Waals surface area contributed by atoms with Gasteiger partial charge in [0.2, 0.25) is 0 Å². The molecule has 2 aromatic heterocycles. The molecule has 1 atom stereocenters. The molecule has 1 aromatic carbocycles. The van der Waals surface area contributed by atoms with Crippen LogP contribution in [0.3, 0.4) is 0 Å². The zero-order valence-corrected chi connectivity index (χ0v) is 16.2. The van der Waals surface area contributed by atoms with Crippen LogP contribution in [0.15, 0.2) is 30.5 Å². The number of methoxy groups -OCH3 is 1. The molecule has 0 aliphatic carbocycles. The van der Waals surface area contributed by atoms with E-state index >= 15 is 0 Å². The number of amides is 1. The van der Waals surface area contributed by atoms with Crippen LogP contribution in [0, 0.1) is 0 Å². The molecule has 1 aliphatic rings. The fraction of sp³-hybridized carbons (Fsp3) is 0.421. The molecule has 27 heavy (non-hydrogen) atoms. The van der Waals surface area contributed by atoms with Crippen molar-refractivity contribution in [3.8, 4) is 5.75 Å². The molecule has 3 heterocycles. The Morgan fingerprint density at radius 2 is 2.33 bits per heavy atom. The number of hydrogen-bond donors (Lipinski definition) is 0. The predicted octanol–water partition coefficient (Wildman–Crippen LogP) is 3.35. The molecular formula is C19H22N4O3S. The molecule has 1 aliphatic heterocycles. The number of carbonyl (C=O) groups excluding carboxylic acids is 1. The van der Waals surface area contributed by atoms with E-state index in [9.17, 15) is 4.79 Å². The summed E-state index contributed by atoms with van der Waals surface area (Å²) in [7, 11) is 1.64. The van der Waals surface area contributed by atoms with E-state index in [4.69, 9.17) is 9.47 Å². The van der Waals surface area contributed by atoms with Crippen LogP contribution in [-0.2, 0) is 11.3 Å². The molecule has 7 nitrogen and oxygen atoms in total. The highest BCUT2D eigenvalue weighted by Gasteiger charge is 2.28. The number of carbonyl (C=O) groups is 1. The molecule has 1 amide bonds. The zero-order chi connectivity index (χ0) is 18.8. The number of hydrogen-bond acceptors (Lipinski definition) is 6. The minimum atomic E-state index is -0.149. The Hall–Kier alpha value is -2.45. The van der Waals surface area contributed by atoms with Crippen molar-refractivity contribution in [3.05, 3.63) is 36.2 Å². The molecular weight excluding hydrogens is 364 g/mol. The van der Waals surface area contributed by atoms with E-state index in [2.05, 4.69) is 10.1 Å². The van der Waals surface area contributed by atoms with Crippen LogP contribution in [0.5, 0.6) is 5.75 Å². The second-order valence-corrected chi connectivity index (χ2v) is 7.45. The van der Waals surface area contributed by atoms with Gasteiger partial charge in [-0.1, -0.05) is 11.3 Å². The van der Waals surface area contributed by atoms with Crippen LogP contribution in [0.2, 0.25) is 0 Å². The van der Waals surface area contributed by atoms with E-state index in [1.807, 2.05) is 31.3 Å². The molecule has 8 heteroatoms. The molecule has 0 radical (unpaired) electrons. The summed E-state index contributed by atoms with van der Waals surface area (Å²) in [4.78, 5) is 19.6. The number of aromatic nitrogens is 3. The van der Waals surface area contributed by atoms with Crippen molar-refractivity contribution in [1.29, 1.82) is 0 Å². The topological polar surface area (TPSA) is 69.5 Å². The lowest BCUT2D eigenvalue weighted by Gasteiger charge is -2.22. The Kier molecular flexibility index (Phi) is 5.09. The fourth-order valence-electron chi connectivity index (χ4n) is 3.17. The summed E-state index contributed by atoms with van der Waals surface area (Å²) >= 11 is 1.48. The molecule has 0 bridgehead atoms. The Balaban J connectivity index is 1.69. The third-order valence-electron chi connectivity index (χ3n) is 4.65. The molecule has 1 saturated heterocycles. The van der Waals surface area contributed by atoms with E-state index in [1.54, 1.807) is 22.8 Å². The van der Waals surface area contributed by atoms with Gasteiger partial charge in [0.05, 0.1) is 30.0 Å². The van der Waals surface area contributed by atoms with E-state index in [1.165, 1.54) is 11.3 Å². The largest absolute Gasteiger partial charge is 0.497 e. The summed E-state index contributed by atoms with van der Waals surface area (Å²) in [5, 5.41) is 5.03. The molecule has 0 spiro atoms. The van der Waals surface area contributed by atoms with E-state index in [-0.39, 0.29) is 12.0 Å². The third kappa shape index (κ3) is 3.68. The lowest BCUT2D eigenvalue weighted by atomic mass is 10.2. The summed E-state index contributed by atoms with van der Waals surface area (Å²) in [6.45, 7) is 3.94. The maximum atomic E-state index is 13.2. The summed E-state index contributed by atoms with van der Waals surface area (Å²) in [6, 6.07) is 7.48. The van der Waals surface area contributed by atoms with Crippen molar-refractivity contribution in [2.45, 2.75) is 32.4 Å². The monoisotopic (exact) mass is 386 g/mol. The number of thiazole rings is 1. The van der Waals surface area contributed by atoms with E-state index in [0.29, 0.717) is 17.4 Å². The fourth-order valence-corrected chi connectivity index (χ4v) is 4.17. The first-order valence-corrected chi connectivity index (χ1v) is 9.91. The third-order valence-corrected chi connectivity index (χ3v) is 5.70. The van der Waals surface area contributed by atoms with Gasteiger partial charge in [0, 0.05) is 19.3 Å². The molecule has 1 fully saturated rings. The Morgan fingerprint density at radius 1 is 1.44 bits per heavy atom. The highest BCUT2D eigenvalue weighted by Crippen LogP contribution is 2.32. The first kappa shape index (κ1) is 17.9. The van der Waals surface area contributed by atoms with Gasteiger partial charge in [0.25, 0.3) is 5.91 Å². The molecule has 4 rings (SSSR count). The Labute approximate surface area is 161 Å². The highest BCUT2D eigenvalue weighted by atomic mass is 32.1. The summed E-state index contributed by atoms with van der Waals surface area (Å²) in [5.41, 5.74) is 1.27. The standard InChI is InChI=1S/C19H22N4O3S/c1-3-22-9-8-16(21-22)18(24)23(12-14-5-4-10-26-14)19-20-15-7-6-13(25-2)11-17(15)27-19/h6-9,11,14H,3-5,10,12H2,1-2H3.